The standard InChI is InChI=1S/C22H20FN3O5S/c1-26-11-17-15(9-18(27)25-32(2,30)31)16-8-13(7-12-3-5-14(23)6-4-12)10-24-20(16)21(28)19(17)22(26)29/h3-6,8,10,28H,7,9,11H2,1-2H3,(H,25,27). The maximum Gasteiger partial charge on any atom is 0.258 e. The number of carbonyl (C=O) groups excluding carboxylic acids is 2. The lowest BCUT2D eigenvalue weighted by atomic mass is 9.93. The van der Waals surface area contributed by atoms with E-state index in [0.29, 0.717) is 22.9 Å². The minimum absolute atomic E-state index is 0.0703. The van der Waals surface area contributed by atoms with Gasteiger partial charge in [0, 0.05) is 25.2 Å². The van der Waals surface area contributed by atoms with Crippen LogP contribution in [0.25, 0.3) is 10.9 Å². The van der Waals surface area contributed by atoms with Crippen LogP contribution in [0.15, 0.2) is 36.5 Å². The van der Waals surface area contributed by atoms with E-state index in [2.05, 4.69) is 4.98 Å². The van der Waals surface area contributed by atoms with Crippen molar-refractivity contribution in [2.24, 2.45) is 0 Å². The van der Waals surface area contributed by atoms with Crippen molar-refractivity contribution in [3.63, 3.8) is 0 Å². The van der Waals surface area contributed by atoms with Crippen molar-refractivity contribution in [1.82, 2.24) is 14.6 Å². The second kappa shape index (κ2) is 7.86. The van der Waals surface area contributed by atoms with Crippen LogP contribution in [-0.4, -0.2) is 48.5 Å². The minimum atomic E-state index is -3.77. The van der Waals surface area contributed by atoms with Crippen LogP contribution >= 0.6 is 0 Å². The van der Waals surface area contributed by atoms with Crippen molar-refractivity contribution in [1.29, 1.82) is 0 Å². The molecule has 0 unspecified atom stereocenters. The third-order valence-corrected chi connectivity index (χ3v) is 5.91. The van der Waals surface area contributed by atoms with Crippen LogP contribution < -0.4 is 4.72 Å². The number of aromatic nitrogens is 1. The van der Waals surface area contributed by atoms with Gasteiger partial charge in [-0.3, -0.25) is 19.3 Å². The average Bonchev–Trinajstić information content (AvgIpc) is 3.00. The predicted molar refractivity (Wildman–Crippen MR) is 115 cm³/mol. The molecule has 3 aromatic rings. The van der Waals surface area contributed by atoms with Crippen molar-refractivity contribution in [2.75, 3.05) is 13.3 Å². The highest BCUT2D eigenvalue weighted by Gasteiger charge is 2.33. The summed E-state index contributed by atoms with van der Waals surface area (Å²) in [7, 11) is -2.20. The maximum atomic E-state index is 13.2. The molecule has 1 aromatic heterocycles. The molecule has 0 aliphatic carbocycles. The van der Waals surface area contributed by atoms with E-state index in [1.54, 1.807) is 31.4 Å². The summed E-state index contributed by atoms with van der Waals surface area (Å²) in [4.78, 5) is 30.7. The van der Waals surface area contributed by atoms with Crippen LogP contribution in [0.5, 0.6) is 5.75 Å². The molecule has 0 fully saturated rings. The SMILES string of the molecule is CN1Cc2c(c(O)c3ncc(Cc4ccc(F)cc4)cc3c2CC(=O)NS(C)(=O)=O)C1=O. The first kappa shape index (κ1) is 21.7. The van der Waals surface area contributed by atoms with Gasteiger partial charge in [-0.15, -0.1) is 0 Å². The number of phenols is 1. The van der Waals surface area contributed by atoms with Gasteiger partial charge in [0.25, 0.3) is 5.91 Å². The predicted octanol–water partition coefficient (Wildman–Crippen LogP) is 1.87. The molecule has 0 bridgehead atoms. The molecule has 0 radical (unpaired) electrons. The summed E-state index contributed by atoms with van der Waals surface area (Å²) in [5, 5.41) is 11.2. The number of rotatable bonds is 5. The average molecular weight is 457 g/mol. The fourth-order valence-electron chi connectivity index (χ4n) is 3.95. The molecule has 2 aromatic carbocycles. The van der Waals surface area contributed by atoms with E-state index in [1.165, 1.54) is 17.0 Å². The zero-order chi connectivity index (χ0) is 23.2. The number of benzene rings is 2. The maximum absolute atomic E-state index is 13.2. The Labute approximate surface area is 183 Å². The molecule has 4 rings (SSSR count). The molecule has 10 heteroatoms. The number of sulfonamides is 1. The molecule has 0 spiro atoms. The molecule has 2 heterocycles. The quantitative estimate of drug-likeness (QED) is 0.604. The molecule has 2 N–H and O–H groups in total. The van der Waals surface area contributed by atoms with E-state index in [1.807, 2.05) is 4.72 Å². The normalized spacial score (nSPS) is 13.5. The van der Waals surface area contributed by atoms with Gasteiger partial charge in [0.05, 0.1) is 18.2 Å². The number of carbonyl (C=O) groups is 2. The number of nitrogens with one attached hydrogen (secondary N) is 1. The number of amides is 2. The summed E-state index contributed by atoms with van der Waals surface area (Å²) in [5.74, 6) is -1.78. The van der Waals surface area contributed by atoms with Gasteiger partial charge in [-0.2, -0.15) is 0 Å². The fourth-order valence-corrected chi connectivity index (χ4v) is 4.43. The lowest BCUT2D eigenvalue weighted by molar-refractivity contribution is -0.118. The monoisotopic (exact) mass is 457 g/mol. The Morgan fingerprint density at radius 3 is 2.59 bits per heavy atom. The van der Waals surface area contributed by atoms with Crippen molar-refractivity contribution < 1.29 is 27.5 Å². The molecule has 0 atom stereocenters. The highest BCUT2D eigenvalue weighted by molar-refractivity contribution is 7.89. The van der Waals surface area contributed by atoms with Crippen LogP contribution in [0.3, 0.4) is 0 Å². The molecule has 166 valence electrons. The summed E-state index contributed by atoms with van der Waals surface area (Å²) in [6.07, 6.45) is 2.54. The van der Waals surface area contributed by atoms with Crippen molar-refractivity contribution in [2.45, 2.75) is 19.4 Å². The molecule has 1 aliphatic heterocycles. The number of hydrogen-bond acceptors (Lipinski definition) is 6. The van der Waals surface area contributed by atoms with Crippen LogP contribution in [0.2, 0.25) is 0 Å². The molecule has 2 amide bonds. The molecule has 1 aliphatic rings. The van der Waals surface area contributed by atoms with Crippen LogP contribution in [0.1, 0.15) is 32.6 Å². The Kier molecular flexibility index (Phi) is 5.33. The van der Waals surface area contributed by atoms with E-state index in [4.69, 9.17) is 0 Å². The topological polar surface area (TPSA) is 117 Å². The van der Waals surface area contributed by atoms with Gasteiger partial charge < -0.3 is 10.0 Å². The summed E-state index contributed by atoms with van der Waals surface area (Å²) < 4.78 is 38.1. The molecular weight excluding hydrogens is 437 g/mol. The van der Waals surface area contributed by atoms with Crippen LogP contribution in [-0.2, 0) is 34.2 Å². The van der Waals surface area contributed by atoms with Gasteiger partial charge in [-0.05, 0) is 46.9 Å². The second-order valence-electron chi connectivity index (χ2n) is 7.86. The van der Waals surface area contributed by atoms with Gasteiger partial charge in [0.15, 0.2) is 5.75 Å². The summed E-state index contributed by atoms with van der Waals surface area (Å²) >= 11 is 0. The molecular formula is C22H20FN3O5S. The number of fused-ring (bicyclic) bond motifs is 2. The summed E-state index contributed by atoms with van der Waals surface area (Å²) in [6.45, 7) is 0.168. The summed E-state index contributed by atoms with van der Waals surface area (Å²) in [5.41, 5.74) is 2.69. The van der Waals surface area contributed by atoms with E-state index >= 15 is 0 Å². The summed E-state index contributed by atoms with van der Waals surface area (Å²) in [6, 6.07) is 7.74. The van der Waals surface area contributed by atoms with Gasteiger partial charge in [-0.1, -0.05) is 12.1 Å². The Morgan fingerprint density at radius 1 is 1.25 bits per heavy atom. The first-order valence-electron chi connectivity index (χ1n) is 9.69. The highest BCUT2D eigenvalue weighted by Crippen LogP contribution is 2.39. The molecule has 0 saturated heterocycles. The second-order valence-corrected chi connectivity index (χ2v) is 9.61. The number of halogens is 1. The third kappa shape index (κ3) is 4.13. The Bertz CT molecular complexity index is 1370. The van der Waals surface area contributed by atoms with Gasteiger partial charge in [0.1, 0.15) is 11.3 Å². The van der Waals surface area contributed by atoms with Crippen molar-refractivity contribution >= 4 is 32.7 Å². The van der Waals surface area contributed by atoms with E-state index in [0.717, 1.165) is 17.4 Å². The third-order valence-electron chi connectivity index (χ3n) is 5.31. The first-order chi connectivity index (χ1) is 15.0. The Morgan fingerprint density at radius 2 is 1.94 bits per heavy atom. The molecule has 8 nitrogen and oxygen atoms in total. The highest BCUT2D eigenvalue weighted by atomic mass is 32.2. The van der Waals surface area contributed by atoms with Gasteiger partial charge in [-0.25, -0.2) is 12.8 Å². The first-order valence-corrected chi connectivity index (χ1v) is 11.6. The molecule has 32 heavy (non-hydrogen) atoms. The molecule has 0 saturated carbocycles. The lowest BCUT2D eigenvalue weighted by Crippen LogP contribution is -2.31. The smallest absolute Gasteiger partial charge is 0.258 e. The van der Waals surface area contributed by atoms with E-state index < -0.39 is 21.8 Å². The van der Waals surface area contributed by atoms with E-state index in [-0.39, 0.29) is 35.6 Å². The largest absolute Gasteiger partial charge is 0.505 e. The number of nitrogens with zero attached hydrogens (tertiary/aromatic N) is 2. The lowest BCUT2D eigenvalue weighted by Gasteiger charge is -2.14. The minimum Gasteiger partial charge on any atom is -0.505 e. The number of pyridine rings is 1. The van der Waals surface area contributed by atoms with E-state index in [9.17, 15) is 27.5 Å². The van der Waals surface area contributed by atoms with Gasteiger partial charge >= 0.3 is 0 Å². The zero-order valence-corrected chi connectivity index (χ0v) is 18.2. The zero-order valence-electron chi connectivity index (χ0n) is 17.3. The van der Waals surface area contributed by atoms with Crippen molar-refractivity contribution in [3.8, 4) is 5.75 Å². The Hall–Kier alpha value is -3.53. The van der Waals surface area contributed by atoms with Crippen LogP contribution in [0.4, 0.5) is 4.39 Å². The number of aromatic hydroxyl groups is 1. The van der Waals surface area contributed by atoms with Gasteiger partial charge in [0.2, 0.25) is 15.9 Å². The Balaban J connectivity index is 1.85. The number of hydrogen-bond donors (Lipinski definition) is 2. The van der Waals surface area contributed by atoms with Crippen LogP contribution in [0, 0.1) is 5.82 Å². The van der Waals surface area contributed by atoms with Crippen molar-refractivity contribution in [3.05, 3.63) is 70.2 Å². The number of phenolic OH excluding ortho intramolecular Hbond substituents is 1. The fraction of sp³-hybridized carbons (Fsp3) is 0.227.